The number of halogens is 4. The van der Waals surface area contributed by atoms with E-state index in [1.165, 1.54) is 15.2 Å². The van der Waals surface area contributed by atoms with Gasteiger partial charge in [0.2, 0.25) is 0 Å². The van der Waals surface area contributed by atoms with Crippen LogP contribution in [-0.4, -0.2) is 26.0 Å². The Morgan fingerprint density at radius 2 is 2.04 bits per heavy atom. The van der Waals surface area contributed by atoms with Crippen LogP contribution >= 0.6 is 30.3 Å². The molecule has 1 saturated carbocycles. The fourth-order valence-electron chi connectivity index (χ4n) is 3.63. The van der Waals surface area contributed by atoms with Gasteiger partial charge < -0.3 is 11.1 Å². The van der Waals surface area contributed by atoms with Gasteiger partial charge >= 0.3 is 0 Å². The van der Waals surface area contributed by atoms with Gasteiger partial charge in [0.15, 0.2) is 23.3 Å². The zero-order valence-corrected chi connectivity index (χ0v) is 17.6. The molecule has 0 spiro atoms. The Hall–Kier alpha value is -1.53. The predicted octanol–water partition coefficient (Wildman–Crippen LogP) is 5.04. The first-order valence-electron chi connectivity index (χ1n) is 8.80. The molecule has 0 amide bonds. The maximum absolute atomic E-state index is 14.3. The van der Waals surface area contributed by atoms with Crippen molar-refractivity contribution in [2.45, 2.75) is 37.8 Å². The summed E-state index contributed by atoms with van der Waals surface area (Å²) in [6.45, 7) is 0. The SMILES string of the molecule is N[C@@H]1CCC[C@H](Nc2nc(-c3cn(SI)c4c(F)cc(F)cc34)ncc2F)C1. The number of fused-ring (bicyclic) bond motifs is 1. The average Bonchev–Trinajstić information content (AvgIpc) is 3.02. The van der Waals surface area contributed by atoms with Crippen LogP contribution in [0.5, 0.6) is 0 Å². The summed E-state index contributed by atoms with van der Waals surface area (Å²) in [7, 11) is 1.23. The van der Waals surface area contributed by atoms with Crippen molar-refractivity contribution in [3.63, 3.8) is 0 Å². The fourth-order valence-corrected chi connectivity index (χ4v) is 4.96. The number of rotatable bonds is 4. The van der Waals surface area contributed by atoms with Crippen molar-refractivity contribution < 1.29 is 13.2 Å². The van der Waals surface area contributed by atoms with Gasteiger partial charge in [0, 0.05) is 65.6 Å². The molecule has 2 aromatic heterocycles. The summed E-state index contributed by atoms with van der Waals surface area (Å²) in [5.74, 6) is -1.68. The van der Waals surface area contributed by atoms with E-state index in [0.717, 1.165) is 37.9 Å². The lowest BCUT2D eigenvalue weighted by Crippen LogP contribution is -2.35. The van der Waals surface area contributed by atoms with Crippen LogP contribution in [0.25, 0.3) is 22.3 Å². The van der Waals surface area contributed by atoms with E-state index in [-0.39, 0.29) is 29.2 Å². The predicted molar refractivity (Wildman–Crippen MR) is 114 cm³/mol. The fraction of sp³-hybridized carbons (Fsp3) is 0.333. The van der Waals surface area contributed by atoms with Crippen molar-refractivity contribution in [2.75, 3.05) is 5.32 Å². The summed E-state index contributed by atoms with van der Waals surface area (Å²) < 4.78 is 44.0. The molecule has 1 aliphatic carbocycles. The Labute approximate surface area is 176 Å². The molecule has 0 aliphatic heterocycles. The molecule has 3 N–H and O–H groups in total. The molecule has 0 unspecified atom stereocenters. The zero-order chi connectivity index (χ0) is 19.8. The number of benzene rings is 1. The summed E-state index contributed by atoms with van der Waals surface area (Å²) in [5.41, 5.74) is 6.67. The minimum atomic E-state index is -0.695. The molecule has 10 heteroatoms. The first-order chi connectivity index (χ1) is 13.5. The lowest BCUT2D eigenvalue weighted by Gasteiger charge is -2.27. The topological polar surface area (TPSA) is 68.8 Å². The van der Waals surface area contributed by atoms with Gasteiger partial charge in [-0.05, 0) is 31.7 Å². The first-order valence-corrected chi connectivity index (χ1v) is 12.1. The van der Waals surface area contributed by atoms with Crippen molar-refractivity contribution in [1.29, 1.82) is 0 Å². The zero-order valence-electron chi connectivity index (χ0n) is 14.6. The molecular weight excluding hydrogens is 502 g/mol. The van der Waals surface area contributed by atoms with E-state index in [1.54, 1.807) is 10.2 Å². The molecule has 0 radical (unpaired) electrons. The quantitative estimate of drug-likeness (QED) is 0.473. The van der Waals surface area contributed by atoms with Crippen LogP contribution < -0.4 is 11.1 Å². The number of hydrogen-bond acceptors (Lipinski definition) is 5. The third-order valence-corrected chi connectivity index (χ3v) is 6.61. The number of aromatic nitrogens is 3. The molecule has 5 nitrogen and oxygen atoms in total. The molecule has 28 heavy (non-hydrogen) atoms. The van der Waals surface area contributed by atoms with Crippen LogP contribution in [0.2, 0.25) is 0 Å². The summed E-state index contributed by atoms with van der Waals surface area (Å²) >= 11 is 2.00. The van der Waals surface area contributed by atoms with Crippen LogP contribution in [0.15, 0.2) is 24.5 Å². The van der Waals surface area contributed by atoms with E-state index < -0.39 is 17.5 Å². The monoisotopic (exact) mass is 519 g/mol. The highest BCUT2D eigenvalue weighted by atomic mass is 127. The molecule has 1 aliphatic rings. The number of nitrogens with one attached hydrogen (secondary N) is 1. The second-order valence-corrected chi connectivity index (χ2v) is 8.59. The van der Waals surface area contributed by atoms with E-state index in [0.29, 0.717) is 10.9 Å². The molecule has 2 atom stereocenters. The van der Waals surface area contributed by atoms with Crippen LogP contribution in [0, 0.1) is 17.5 Å². The highest BCUT2D eigenvalue weighted by Gasteiger charge is 2.22. The van der Waals surface area contributed by atoms with Gasteiger partial charge in [0.25, 0.3) is 0 Å². The molecule has 148 valence electrons. The van der Waals surface area contributed by atoms with Gasteiger partial charge in [-0.1, -0.05) is 0 Å². The van der Waals surface area contributed by atoms with E-state index in [9.17, 15) is 13.2 Å². The van der Waals surface area contributed by atoms with Crippen molar-refractivity contribution in [3.8, 4) is 11.4 Å². The molecule has 3 aromatic rings. The third-order valence-electron chi connectivity index (χ3n) is 4.90. The average molecular weight is 519 g/mol. The summed E-state index contributed by atoms with van der Waals surface area (Å²) in [5, 5.41) is 3.45. The maximum atomic E-state index is 14.3. The van der Waals surface area contributed by atoms with Gasteiger partial charge in [-0.2, -0.15) is 0 Å². The maximum Gasteiger partial charge on any atom is 0.183 e. The number of anilines is 1. The van der Waals surface area contributed by atoms with Gasteiger partial charge in [-0.15, -0.1) is 0 Å². The van der Waals surface area contributed by atoms with Crippen molar-refractivity contribution >= 4 is 47.0 Å². The highest BCUT2D eigenvalue weighted by Crippen LogP contribution is 2.36. The van der Waals surface area contributed by atoms with Crippen LogP contribution in [-0.2, 0) is 0 Å². The second kappa shape index (κ2) is 8.07. The smallest absolute Gasteiger partial charge is 0.183 e. The van der Waals surface area contributed by atoms with Gasteiger partial charge in [0.05, 0.1) is 11.7 Å². The molecular formula is C18H17F3IN5S. The van der Waals surface area contributed by atoms with Gasteiger partial charge in [-0.3, -0.25) is 3.97 Å². The van der Waals surface area contributed by atoms with Crippen LogP contribution in [0.1, 0.15) is 25.7 Å². The molecule has 0 bridgehead atoms. The van der Waals surface area contributed by atoms with E-state index in [2.05, 4.69) is 15.3 Å². The first kappa shape index (κ1) is 19.8. The van der Waals surface area contributed by atoms with E-state index in [4.69, 9.17) is 5.73 Å². The second-order valence-electron chi connectivity index (χ2n) is 6.88. The minimum absolute atomic E-state index is 0.0298. The Morgan fingerprint density at radius 1 is 1.21 bits per heavy atom. The minimum Gasteiger partial charge on any atom is -0.365 e. The van der Waals surface area contributed by atoms with Gasteiger partial charge in [0.1, 0.15) is 5.82 Å². The lowest BCUT2D eigenvalue weighted by molar-refractivity contribution is 0.407. The van der Waals surface area contributed by atoms with Crippen molar-refractivity contribution in [2.24, 2.45) is 5.73 Å². The van der Waals surface area contributed by atoms with E-state index >= 15 is 0 Å². The van der Waals surface area contributed by atoms with Crippen molar-refractivity contribution in [3.05, 3.63) is 42.0 Å². The third kappa shape index (κ3) is 3.81. The number of nitrogens with zero attached hydrogens (tertiary/aromatic N) is 3. The summed E-state index contributed by atoms with van der Waals surface area (Å²) in [6, 6.07) is 2.18. The van der Waals surface area contributed by atoms with E-state index in [1.807, 2.05) is 21.2 Å². The summed E-state index contributed by atoms with van der Waals surface area (Å²) in [6.07, 6.45) is 6.24. The molecule has 1 aromatic carbocycles. The highest BCUT2D eigenvalue weighted by molar-refractivity contribution is 14.2. The Morgan fingerprint density at radius 3 is 2.79 bits per heavy atom. The standard InChI is InChI=1S/C18H17F3IN5S/c19-9-4-12-13(8-27(28-22)16(12)14(20)5-9)17-24-7-15(21)18(26-17)25-11-3-1-2-10(23)6-11/h4-5,7-8,10-11H,1-3,6,23H2,(H,24,25,26)/t10-,11+/m1/s1. The molecule has 2 heterocycles. The summed E-state index contributed by atoms with van der Waals surface area (Å²) in [4.78, 5) is 8.36. The molecule has 4 rings (SSSR count). The number of hydrogen-bond donors (Lipinski definition) is 2. The molecule has 1 fully saturated rings. The number of nitrogens with two attached hydrogens (primary N) is 1. The Balaban J connectivity index is 1.76. The van der Waals surface area contributed by atoms with Crippen LogP contribution in [0.3, 0.4) is 0 Å². The largest absolute Gasteiger partial charge is 0.365 e. The van der Waals surface area contributed by atoms with Crippen LogP contribution in [0.4, 0.5) is 19.0 Å². The van der Waals surface area contributed by atoms with Crippen molar-refractivity contribution in [1.82, 2.24) is 13.9 Å². The molecule has 0 saturated heterocycles. The Bertz CT molecular complexity index is 1030. The van der Waals surface area contributed by atoms with Gasteiger partial charge in [-0.25, -0.2) is 23.1 Å². The normalized spacial score (nSPS) is 19.9. The Kier molecular flexibility index (Phi) is 5.70. The lowest BCUT2D eigenvalue weighted by atomic mass is 9.92.